The van der Waals surface area contributed by atoms with Crippen molar-refractivity contribution in [1.82, 2.24) is 20.2 Å². The van der Waals surface area contributed by atoms with Crippen LogP contribution in [0.4, 0.5) is 5.69 Å². The van der Waals surface area contributed by atoms with Crippen molar-refractivity contribution >= 4 is 28.2 Å². The lowest BCUT2D eigenvalue weighted by Crippen LogP contribution is -2.24. The molecule has 0 radical (unpaired) electrons. The summed E-state index contributed by atoms with van der Waals surface area (Å²) in [5.41, 5.74) is 7.20. The van der Waals surface area contributed by atoms with E-state index < -0.39 is 18.1 Å². The van der Waals surface area contributed by atoms with E-state index in [2.05, 4.69) is 81.5 Å². The lowest BCUT2D eigenvalue weighted by molar-refractivity contribution is -0.148. The summed E-state index contributed by atoms with van der Waals surface area (Å²) in [6, 6.07) is 16.7. The van der Waals surface area contributed by atoms with Crippen LogP contribution in [-0.4, -0.2) is 58.3 Å². The Kier molecular flexibility index (Phi) is 12.6. The number of fused-ring (bicyclic) bond motifs is 3. The first-order chi connectivity index (χ1) is 28.1. The van der Waals surface area contributed by atoms with Gasteiger partial charge in [-0.1, -0.05) is 43.7 Å². The zero-order valence-corrected chi connectivity index (χ0v) is 33.8. The Morgan fingerprint density at radius 3 is 2.55 bits per heavy atom. The highest BCUT2D eigenvalue weighted by atomic mass is 16.5. The van der Waals surface area contributed by atoms with Gasteiger partial charge in [-0.2, -0.15) is 0 Å². The molecule has 58 heavy (non-hydrogen) atoms. The van der Waals surface area contributed by atoms with Crippen molar-refractivity contribution in [3.05, 3.63) is 131 Å². The van der Waals surface area contributed by atoms with Crippen LogP contribution >= 0.6 is 0 Å². The Hall–Kier alpha value is -5.94. The molecule has 5 aromatic rings. The molecule has 4 bridgehead atoms. The average molecular weight is 786 g/mol. The van der Waals surface area contributed by atoms with Gasteiger partial charge in [0.1, 0.15) is 23.5 Å². The smallest absolute Gasteiger partial charge is 0.302 e. The number of anilines is 1. The molecule has 0 fully saturated rings. The molecule has 7 rings (SSSR count). The number of ketones is 1. The van der Waals surface area contributed by atoms with Crippen molar-refractivity contribution in [3.8, 4) is 17.2 Å². The summed E-state index contributed by atoms with van der Waals surface area (Å²) < 4.78 is 13.5. The van der Waals surface area contributed by atoms with Crippen LogP contribution in [0.3, 0.4) is 0 Å². The molecular formula is C47H55N5O6. The molecule has 0 saturated carbocycles. The van der Waals surface area contributed by atoms with E-state index in [0.29, 0.717) is 31.2 Å². The van der Waals surface area contributed by atoms with Crippen LogP contribution in [0.5, 0.6) is 17.2 Å². The summed E-state index contributed by atoms with van der Waals surface area (Å²) in [6.45, 7) is 4.67. The van der Waals surface area contributed by atoms with Crippen molar-refractivity contribution in [2.24, 2.45) is 5.92 Å². The van der Waals surface area contributed by atoms with Crippen LogP contribution in [0, 0.1) is 5.92 Å². The van der Waals surface area contributed by atoms with Crippen LogP contribution in [0.15, 0.2) is 103 Å². The second kappa shape index (κ2) is 18.1. The zero-order valence-electron chi connectivity index (χ0n) is 33.8. The number of nitrogens with zero attached hydrogens (tertiary/aromatic N) is 1. The number of hydrogen-bond donors (Lipinski definition) is 6. The van der Waals surface area contributed by atoms with E-state index in [4.69, 9.17) is 9.47 Å². The van der Waals surface area contributed by atoms with Crippen LogP contribution in [0.2, 0.25) is 0 Å². The number of esters is 1. The first kappa shape index (κ1) is 40.3. The number of carbonyl (C=O) groups is 2. The Labute approximate surface area is 340 Å². The minimum atomic E-state index is -0.563. The second-order valence-corrected chi connectivity index (χ2v) is 15.6. The number of ether oxygens (including phenoxy) is 2. The normalized spacial score (nSPS) is 20.5. The summed E-state index contributed by atoms with van der Waals surface area (Å²) in [4.78, 5) is 30.1. The van der Waals surface area contributed by atoms with Crippen molar-refractivity contribution in [1.29, 1.82) is 0 Å². The molecule has 0 spiro atoms. The molecule has 11 heteroatoms. The third-order valence-corrected chi connectivity index (χ3v) is 11.7. The van der Waals surface area contributed by atoms with Crippen molar-refractivity contribution in [2.45, 2.75) is 83.4 Å². The third-order valence-electron chi connectivity index (χ3n) is 11.7. The lowest BCUT2D eigenvalue weighted by atomic mass is 9.82. The van der Waals surface area contributed by atoms with Gasteiger partial charge in [0.15, 0.2) is 11.5 Å². The van der Waals surface area contributed by atoms with Gasteiger partial charge in [0.25, 0.3) is 0 Å². The highest BCUT2D eigenvalue weighted by Gasteiger charge is 2.28. The van der Waals surface area contributed by atoms with Gasteiger partial charge in [-0.05, 0) is 108 Å². The largest absolute Gasteiger partial charge is 0.508 e. The van der Waals surface area contributed by atoms with E-state index in [1.165, 1.54) is 25.2 Å². The van der Waals surface area contributed by atoms with Crippen molar-refractivity contribution < 1.29 is 29.3 Å². The summed E-state index contributed by atoms with van der Waals surface area (Å²) in [5.74, 6) is 1.27. The minimum Gasteiger partial charge on any atom is -0.508 e. The third kappa shape index (κ3) is 9.26. The van der Waals surface area contributed by atoms with Crippen LogP contribution in [0.1, 0.15) is 85.7 Å². The Balaban J connectivity index is 1.35. The van der Waals surface area contributed by atoms with Crippen LogP contribution in [-0.2, 0) is 33.7 Å². The molecule has 2 aliphatic rings. The molecular weight excluding hydrogens is 731 g/mol. The molecule has 2 aromatic heterocycles. The number of phenolic OH excluding ortho intramolecular Hbond substituents is 2. The standard InChI is InChI=1S/C47H55N5O6/c1-5-30-12-13-39(58-29(2)53)21-38(55)22-44(41-23-46(57-4)45(56)19-36(41)24-48-3)52-27-33-9-7-11-43(42(33)28-52)51-47-20-32(14-15-50-47)40(31-8-6-10-37(54)17-31)18-35-26-49-25-34(35)16-30/h6-11,14,17,19-20,23,25-28,30,39-40,44,48-51,54,56H,5,12-13,15-16,18,21-22,24H2,1-4H3. The number of benzene rings is 3. The second-order valence-electron chi connectivity index (χ2n) is 15.6. The van der Waals surface area contributed by atoms with E-state index >= 15 is 0 Å². The maximum absolute atomic E-state index is 14.3. The summed E-state index contributed by atoms with van der Waals surface area (Å²) in [6.07, 6.45) is 16.2. The highest BCUT2D eigenvalue weighted by Crippen LogP contribution is 2.39. The number of hydrogen-bond acceptors (Lipinski definition) is 9. The number of carbonyl (C=O) groups excluding carboxylic acids is 2. The maximum atomic E-state index is 14.3. The van der Waals surface area contributed by atoms with Gasteiger partial charge in [0, 0.05) is 80.0 Å². The fourth-order valence-corrected chi connectivity index (χ4v) is 8.69. The molecule has 6 N–H and O–H groups in total. The molecule has 0 saturated heterocycles. The van der Waals surface area contributed by atoms with Gasteiger partial charge < -0.3 is 45.2 Å². The SMILES string of the molecule is CCC1CCC(OC(C)=O)CC(=O)CC(c2cc(OC)c(O)cc2CNC)n2cc3cccc(c3c2)NC2=CC(=CCN2)C(c2cccc(O)c2)Cc2c[nH]cc2C1. The van der Waals surface area contributed by atoms with E-state index in [-0.39, 0.29) is 36.0 Å². The number of Topliss-reactive ketones (excluding diaryl/α,β-unsaturated/α-hetero) is 1. The summed E-state index contributed by atoms with van der Waals surface area (Å²) in [7, 11) is 3.36. The molecule has 4 heterocycles. The quantitative estimate of drug-likeness (QED) is 0.0900. The molecule has 2 aliphatic heterocycles. The summed E-state index contributed by atoms with van der Waals surface area (Å²) in [5, 5.41) is 33.8. The van der Waals surface area contributed by atoms with E-state index in [0.717, 1.165) is 70.2 Å². The number of methoxy groups -OCH3 is 1. The number of nitrogens with one attached hydrogen (secondary N) is 4. The Bertz CT molecular complexity index is 2320. The van der Waals surface area contributed by atoms with Gasteiger partial charge >= 0.3 is 5.97 Å². The number of aromatic nitrogens is 2. The van der Waals surface area contributed by atoms with E-state index in [1.54, 1.807) is 12.1 Å². The molecule has 304 valence electrons. The van der Waals surface area contributed by atoms with Gasteiger partial charge in [0.2, 0.25) is 0 Å². The number of phenols is 2. The van der Waals surface area contributed by atoms with E-state index in [1.807, 2.05) is 37.4 Å². The number of dihydropyridines is 1. The molecule has 3 aromatic carbocycles. The van der Waals surface area contributed by atoms with Crippen molar-refractivity contribution in [3.63, 3.8) is 0 Å². The first-order valence-corrected chi connectivity index (χ1v) is 20.3. The fraction of sp³-hybridized carbons (Fsp3) is 0.362. The molecule has 0 amide bonds. The van der Waals surface area contributed by atoms with Crippen LogP contribution < -0.4 is 20.7 Å². The predicted molar refractivity (Wildman–Crippen MR) is 227 cm³/mol. The van der Waals surface area contributed by atoms with Gasteiger partial charge in [0.05, 0.1) is 13.2 Å². The van der Waals surface area contributed by atoms with Gasteiger partial charge in [-0.15, -0.1) is 0 Å². The predicted octanol–water partition coefficient (Wildman–Crippen LogP) is 8.15. The Morgan fingerprint density at radius 2 is 1.79 bits per heavy atom. The topological polar surface area (TPSA) is 150 Å². The number of aromatic amines is 1. The number of aromatic hydroxyl groups is 2. The number of rotatable bonds is 7. The molecule has 4 unspecified atom stereocenters. The lowest BCUT2D eigenvalue weighted by Gasteiger charge is -2.25. The van der Waals surface area contributed by atoms with E-state index in [9.17, 15) is 19.8 Å². The molecule has 11 nitrogen and oxygen atoms in total. The fourth-order valence-electron chi connectivity index (χ4n) is 8.69. The van der Waals surface area contributed by atoms with Gasteiger partial charge in [-0.25, -0.2) is 0 Å². The van der Waals surface area contributed by atoms with Crippen molar-refractivity contribution in [2.75, 3.05) is 26.0 Å². The molecule has 4 atom stereocenters. The minimum absolute atomic E-state index is 0.0230. The zero-order chi connectivity index (χ0) is 40.8. The van der Waals surface area contributed by atoms with Crippen LogP contribution in [0.25, 0.3) is 10.8 Å². The summed E-state index contributed by atoms with van der Waals surface area (Å²) >= 11 is 0. The first-order valence-electron chi connectivity index (χ1n) is 20.3. The Morgan fingerprint density at radius 1 is 0.983 bits per heavy atom. The molecule has 0 aliphatic carbocycles. The number of allylic oxidation sites excluding steroid dienone is 2. The number of H-pyrrole nitrogens is 1. The maximum Gasteiger partial charge on any atom is 0.302 e. The average Bonchev–Trinajstić information content (AvgIpc) is 3.84. The monoisotopic (exact) mass is 785 g/mol. The highest BCUT2D eigenvalue weighted by molar-refractivity contribution is 5.94. The van der Waals surface area contributed by atoms with Gasteiger partial charge in [-0.3, -0.25) is 9.59 Å².